The van der Waals surface area contributed by atoms with Crippen molar-refractivity contribution in [1.29, 1.82) is 0 Å². The molecule has 0 spiro atoms. The van der Waals surface area contributed by atoms with E-state index >= 15 is 0 Å². The number of likely N-dealkylation sites (tertiary alicyclic amines) is 1. The van der Waals surface area contributed by atoms with E-state index in [1.54, 1.807) is 6.20 Å². The quantitative estimate of drug-likeness (QED) is 0.867. The lowest BCUT2D eigenvalue weighted by Crippen LogP contribution is -2.30. The summed E-state index contributed by atoms with van der Waals surface area (Å²) in [7, 11) is 0. The number of hydrogen-bond donors (Lipinski definition) is 2. The van der Waals surface area contributed by atoms with Crippen molar-refractivity contribution in [2.75, 3.05) is 18.4 Å². The Bertz CT molecular complexity index is 518. The van der Waals surface area contributed by atoms with Crippen molar-refractivity contribution < 1.29 is 14.6 Å². The molecule has 1 aromatic heterocycles. The predicted molar refractivity (Wildman–Crippen MR) is 72.0 cm³/mol. The topological polar surface area (TPSA) is 87.6 Å². The van der Waals surface area contributed by atoms with Gasteiger partial charge in [-0.15, -0.1) is 0 Å². The molecule has 108 valence electrons. The number of carboxylic acid groups (broad SMARTS) is 1. The molecule has 1 atom stereocenters. The summed E-state index contributed by atoms with van der Waals surface area (Å²) in [6, 6.07) is 0.0579. The largest absolute Gasteiger partial charge is 0.474 e. The molecule has 1 amide bonds. The summed E-state index contributed by atoms with van der Waals surface area (Å²) in [4.78, 5) is 20.9. The molecule has 2 N–H and O–H groups in total. The van der Waals surface area contributed by atoms with E-state index in [0.29, 0.717) is 31.0 Å². The van der Waals surface area contributed by atoms with E-state index in [0.717, 1.165) is 24.8 Å². The second-order valence-corrected chi connectivity index (χ2v) is 5.36. The second-order valence-electron chi connectivity index (χ2n) is 5.36. The van der Waals surface area contributed by atoms with Gasteiger partial charge in [0, 0.05) is 30.9 Å². The zero-order valence-corrected chi connectivity index (χ0v) is 11.4. The highest BCUT2D eigenvalue weighted by molar-refractivity contribution is 5.65. The van der Waals surface area contributed by atoms with Crippen molar-refractivity contribution in [2.24, 2.45) is 0 Å². The Hall–Kier alpha value is -2.05. The number of hydrogen-bond acceptors (Lipinski definition) is 5. The van der Waals surface area contributed by atoms with Crippen LogP contribution in [0.15, 0.2) is 6.20 Å². The summed E-state index contributed by atoms with van der Waals surface area (Å²) in [6.45, 7) is 2.93. The SMILES string of the molecule is Cc1cnc(NC2CCN(C(=O)O)C2)nc1OC1CC1. The molecule has 2 heterocycles. The van der Waals surface area contributed by atoms with Crippen LogP contribution < -0.4 is 10.1 Å². The first-order valence-corrected chi connectivity index (χ1v) is 6.86. The van der Waals surface area contributed by atoms with E-state index in [9.17, 15) is 4.79 Å². The summed E-state index contributed by atoms with van der Waals surface area (Å²) >= 11 is 0. The van der Waals surface area contributed by atoms with Crippen LogP contribution in [-0.2, 0) is 0 Å². The average molecular weight is 278 g/mol. The number of carbonyl (C=O) groups is 1. The first kappa shape index (κ1) is 13.0. The Labute approximate surface area is 117 Å². The molecule has 1 unspecified atom stereocenters. The third kappa shape index (κ3) is 2.92. The smallest absolute Gasteiger partial charge is 0.407 e. The van der Waals surface area contributed by atoms with Gasteiger partial charge in [0.15, 0.2) is 0 Å². The van der Waals surface area contributed by atoms with Gasteiger partial charge < -0.3 is 20.1 Å². The molecular formula is C13H18N4O3. The monoisotopic (exact) mass is 278 g/mol. The maximum atomic E-state index is 10.9. The van der Waals surface area contributed by atoms with E-state index in [1.165, 1.54) is 4.90 Å². The lowest BCUT2D eigenvalue weighted by atomic mass is 10.3. The highest BCUT2D eigenvalue weighted by Gasteiger charge is 2.27. The molecule has 1 aliphatic carbocycles. The number of amides is 1. The third-order valence-electron chi connectivity index (χ3n) is 3.52. The molecule has 1 saturated heterocycles. The minimum atomic E-state index is -0.878. The predicted octanol–water partition coefficient (Wildman–Crippen LogP) is 1.49. The molecule has 7 nitrogen and oxygen atoms in total. The number of anilines is 1. The summed E-state index contributed by atoms with van der Waals surface area (Å²) < 4.78 is 5.72. The minimum absolute atomic E-state index is 0.0579. The molecule has 20 heavy (non-hydrogen) atoms. The summed E-state index contributed by atoms with van der Waals surface area (Å²) in [6.07, 6.45) is 4.09. The zero-order chi connectivity index (χ0) is 14.1. The molecular weight excluding hydrogens is 260 g/mol. The average Bonchev–Trinajstić information content (AvgIpc) is 3.09. The lowest BCUT2D eigenvalue weighted by Gasteiger charge is -2.15. The van der Waals surface area contributed by atoms with Gasteiger partial charge in [-0.25, -0.2) is 9.78 Å². The molecule has 3 rings (SSSR count). The molecule has 7 heteroatoms. The van der Waals surface area contributed by atoms with Crippen LogP contribution in [-0.4, -0.2) is 51.3 Å². The molecule has 2 fully saturated rings. The van der Waals surface area contributed by atoms with Crippen molar-refractivity contribution in [3.8, 4) is 5.88 Å². The molecule has 0 radical (unpaired) electrons. The number of aromatic nitrogens is 2. The zero-order valence-electron chi connectivity index (χ0n) is 11.4. The Balaban J connectivity index is 1.63. The van der Waals surface area contributed by atoms with Crippen LogP contribution in [0.4, 0.5) is 10.7 Å². The van der Waals surface area contributed by atoms with E-state index in [2.05, 4.69) is 15.3 Å². The van der Waals surface area contributed by atoms with Crippen molar-refractivity contribution in [3.05, 3.63) is 11.8 Å². The third-order valence-corrected chi connectivity index (χ3v) is 3.52. The van der Waals surface area contributed by atoms with Crippen LogP contribution in [0.5, 0.6) is 5.88 Å². The number of nitrogens with zero attached hydrogens (tertiary/aromatic N) is 3. The van der Waals surface area contributed by atoms with Gasteiger partial charge in [-0.1, -0.05) is 0 Å². The van der Waals surface area contributed by atoms with Gasteiger partial charge >= 0.3 is 6.09 Å². The van der Waals surface area contributed by atoms with E-state index in [1.807, 2.05) is 6.92 Å². The van der Waals surface area contributed by atoms with Crippen LogP contribution in [0.3, 0.4) is 0 Å². The van der Waals surface area contributed by atoms with Gasteiger partial charge in [0.2, 0.25) is 11.8 Å². The van der Waals surface area contributed by atoms with E-state index < -0.39 is 6.09 Å². The minimum Gasteiger partial charge on any atom is -0.474 e. The number of rotatable bonds is 4. The maximum absolute atomic E-state index is 10.9. The van der Waals surface area contributed by atoms with Crippen LogP contribution in [0.1, 0.15) is 24.8 Å². The van der Waals surface area contributed by atoms with Gasteiger partial charge in [-0.2, -0.15) is 4.98 Å². The fraction of sp³-hybridized carbons (Fsp3) is 0.615. The van der Waals surface area contributed by atoms with Gasteiger partial charge in [0.05, 0.1) is 0 Å². The van der Waals surface area contributed by atoms with Crippen molar-refractivity contribution in [1.82, 2.24) is 14.9 Å². The number of nitrogens with one attached hydrogen (secondary N) is 1. The van der Waals surface area contributed by atoms with Crippen LogP contribution in [0, 0.1) is 6.92 Å². The first-order valence-electron chi connectivity index (χ1n) is 6.86. The van der Waals surface area contributed by atoms with Crippen LogP contribution in [0.2, 0.25) is 0 Å². The normalized spacial score (nSPS) is 21.9. The highest BCUT2D eigenvalue weighted by atomic mass is 16.5. The molecule has 0 aromatic carbocycles. The Kier molecular flexibility index (Phi) is 3.33. The van der Waals surface area contributed by atoms with Gasteiger partial charge in [0.1, 0.15) is 6.10 Å². The standard InChI is InChI=1S/C13H18N4O3/c1-8-6-14-12(16-11(8)20-10-2-3-10)15-9-4-5-17(7-9)13(18)19/h6,9-10H,2-5,7H2,1H3,(H,18,19)(H,14,15,16). The fourth-order valence-electron chi connectivity index (χ4n) is 2.19. The van der Waals surface area contributed by atoms with Crippen LogP contribution in [0.25, 0.3) is 0 Å². The second kappa shape index (κ2) is 5.15. The molecule has 0 bridgehead atoms. The molecule has 1 saturated carbocycles. The van der Waals surface area contributed by atoms with Crippen molar-refractivity contribution in [3.63, 3.8) is 0 Å². The Morgan fingerprint density at radius 3 is 2.95 bits per heavy atom. The van der Waals surface area contributed by atoms with E-state index in [4.69, 9.17) is 9.84 Å². The molecule has 1 aliphatic heterocycles. The van der Waals surface area contributed by atoms with Gasteiger partial charge in [-0.3, -0.25) is 0 Å². The van der Waals surface area contributed by atoms with Gasteiger partial charge in [-0.05, 0) is 26.2 Å². The number of aryl methyl sites for hydroxylation is 1. The fourth-order valence-corrected chi connectivity index (χ4v) is 2.19. The molecule has 1 aromatic rings. The maximum Gasteiger partial charge on any atom is 0.407 e. The summed E-state index contributed by atoms with van der Waals surface area (Å²) in [5.74, 6) is 1.13. The molecule has 2 aliphatic rings. The lowest BCUT2D eigenvalue weighted by molar-refractivity contribution is 0.155. The van der Waals surface area contributed by atoms with E-state index in [-0.39, 0.29) is 6.04 Å². The Morgan fingerprint density at radius 2 is 2.30 bits per heavy atom. The van der Waals surface area contributed by atoms with Crippen molar-refractivity contribution in [2.45, 2.75) is 38.3 Å². The van der Waals surface area contributed by atoms with Crippen LogP contribution >= 0.6 is 0 Å². The summed E-state index contributed by atoms with van der Waals surface area (Å²) in [5, 5.41) is 12.1. The van der Waals surface area contributed by atoms with Gasteiger partial charge in [0.25, 0.3) is 0 Å². The number of ether oxygens (including phenoxy) is 1. The van der Waals surface area contributed by atoms with Crippen molar-refractivity contribution >= 4 is 12.0 Å². The summed E-state index contributed by atoms with van der Waals surface area (Å²) in [5.41, 5.74) is 0.918. The highest BCUT2D eigenvalue weighted by Crippen LogP contribution is 2.28. The Morgan fingerprint density at radius 1 is 1.50 bits per heavy atom. The first-order chi connectivity index (χ1) is 9.61.